The van der Waals surface area contributed by atoms with Gasteiger partial charge in [0.25, 0.3) is 0 Å². The van der Waals surface area contributed by atoms with Crippen molar-refractivity contribution in [3.05, 3.63) is 63.9 Å². The van der Waals surface area contributed by atoms with Gasteiger partial charge in [-0.05, 0) is 24.3 Å². The molecule has 1 aliphatic heterocycles. The summed E-state index contributed by atoms with van der Waals surface area (Å²) in [4.78, 5) is 30.8. The first-order valence-electron chi connectivity index (χ1n) is 9.46. The molecule has 0 unspecified atom stereocenters. The predicted molar refractivity (Wildman–Crippen MR) is 112 cm³/mol. The summed E-state index contributed by atoms with van der Waals surface area (Å²) in [5.41, 5.74) is 3.18. The lowest BCUT2D eigenvalue weighted by Gasteiger charge is -2.28. The van der Waals surface area contributed by atoms with Crippen molar-refractivity contribution in [2.75, 3.05) is 32.6 Å². The summed E-state index contributed by atoms with van der Waals surface area (Å²) in [6.07, 6.45) is 0.703. The number of amides is 1. The van der Waals surface area contributed by atoms with Gasteiger partial charge in [0.2, 0.25) is 5.91 Å². The standard InChI is InChI=1S/C22H23N3O4/c1-28-14-7-8-19(20(11-14)29-2)24-21(26)13-25-10-9-18-16(12-25)22(27)15-5-3-4-6-17(15)23-18/h3-8,11H,9-10,12-13H2,1-2H3,(H,23,27)(H,24,26). The molecule has 0 radical (unpaired) electrons. The molecular formula is C22H23N3O4. The number of methoxy groups -OCH3 is 2. The summed E-state index contributed by atoms with van der Waals surface area (Å²) >= 11 is 0. The van der Waals surface area contributed by atoms with Gasteiger partial charge in [0, 0.05) is 47.7 Å². The van der Waals surface area contributed by atoms with Gasteiger partial charge in [0.1, 0.15) is 11.5 Å². The molecule has 2 N–H and O–H groups in total. The molecule has 0 atom stereocenters. The summed E-state index contributed by atoms with van der Waals surface area (Å²) in [6, 6.07) is 12.8. The van der Waals surface area contributed by atoms with E-state index in [0.717, 1.165) is 16.8 Å². The van der Waals surface area contributed by atoms with Crippen molar-refractivity contribution in [2.45, 2.75) is 13.0 Å². The van der Waals surface area contributed by atoms with Crippen LogP contribution in [-0.4, -0.2) is 43.1 Å². The van der Waals surface area contributed by atoms with Gasteiger partial charge < -0.3 is 19.8 Å². The monoisotopic (exact) mass is 393 g/mol. The summed E-state index contributed by atoms with van der Waals surface area (Å²) < 4.78 is 10.5. The van der Waals surface area contributed by atoms with Crippen molar-refractivity contribution >= 4 is 22.5 Å². The molecular weight excluding hydrogens is 370 g/mol. The molecule has 0 aliphatic carbocycles. The zero-order valence-corrected chi connectivity index (χ0v) is 16.5. The smallest absolute Gasteiger partial charge is 0.238 e. The fraction of sp³-hybridized carbons (Fsp3) is 0.273. The zero-order chi connectivity index (χ0) is 20.4. The Balaban J connectivity index is 1.49. The van der Waals surface area contributed by atoms with Crippen molar-refractivity contribution in [1.82, 2.24) is 9.88 Å². The van der Waals surface area contributed by atoms with Gasteiger partial charge in [-0.3, -0.25) is 14.5 Å². The van der Waals surface area contributed by atoms with Crippen LogP contribution in [0, 0.1) is 0 Å². The third-order valence-corrected chi connectivity index (χ3v) is 5.21. The number of hydrogen-bond donors (Lipinski definition) is 2. The quantitative estimate of drug-likeness (QED) is 0.696. The largest absolute Gasteiger partial charge is 0.497 e. The van der Waals surface area contributed by atoms with Crippen LogP contribution in [-0.2, 0) is 17.8 Å². The topological polar surface area (TPSA) is 83.7 Å². The lowest BCUT2D eigenvalue weighted by molar-refractivity contribution is -0.117. The number of nitrogens with zero attached hydrogens (tertiary/aromatic N) is 1. The first kappa shape index (κ1) is 19.0. The Morgan fingerprint density at radius 2 is 2.00 bits per heavy atom. The van der Waals surface area contributed by atoms with Crippen molar-refractivity contribution < 1.29 is 14.3 Å². The Hall–Kier alpha value is -3.32. The van der Waals surface area contributed by atoms with Crippen LogP contribution in [0.15, 0.2) is 47.3 Å². The summed E-state index contributed by atoms with van der Waals surface area (Å²) in [6.45, 7) is 1.35. The molecule has 1 aromatic heterocycles. The first-order chi connectivity index (χ1) is 14.1. The van der Waals surface area contributed by atoms with Crippen LogP contribution in [0.2, 0.25) is 0 Å². The van der Waals surface area contributed by atoms with Crippen molar-refractivity contribution in [2.24, 2.45) is 0 Å². The summed E-state index contributed by atoms with van der Waals surface area (Å²) in [5, 5.41) is 3.56. The van der Waals surface area contributed by atoms with E-state index in [1.807, 2.05) is 29.2 Å². The van der Waals surface area contributed by atoms with Gasteiger partial charge in [-0.15, -0.1) is 0 Å². The Morgan fingerprint density at radius 1 is 1.17 bits per heavy atom. The van der Waals surface area contributed by atoms with Gasteiger partial charge in [-0.1, -0.05) is 12.1 Å². The number of benzene rings is 2. The SMILES string of the molecule is COc1ccc(NC(=O)CN2CCc3[nH]c4ccccc4c(=O)c3C2)c(OC)c1. The van der Waals surface area contributed by atoms with Gasteiger partial charge in [-0.25, -0.2) is 0 Å². The number of aromatic amines is 1. The molecule has 0 saturated carbocycles. The second kappa shape index (κ2) is 7.97. The Bertz CT molecular complexity index is 1120. The molecule has 7 nitrogen and oxygen atoms in total. The second-order valence-corrected chi connectivity index (χ2v) is 7.03. The van der Waals surface area contributed by atoms with Crippen LogP contribution in [0.3, 0.4) is 0 Å². The fourth-order valence-corrected chi connectivity index (χ4v) is 3.71. The highest BCUT2D eigenvalue weighted by Crippen LogP contribution is 2.29. The highest BCUT2D eigenvalue weighted by molar-refractivity contribution is 5.93. The number of rotatable bonds is 5. The molecule has 2 aromatic carbocycles. The maximum absolute atomic E-state index is 12.9. The molecule has 1 aliphatic rings. The number of carbonyl (C=O) groups excluding carboxylic acids is 1. The van der Waals surface area contributed by atoms with E-state index < -0.39 is 0 Å². The minimum atomic E-state index is -0.158. The molecule has 7 heteroatoms. The van der Waals surface area contributed by atoms with Crippen LogP contribution < -0.4 is 20.2 Å². The number of aromatic nitrogens is 1. The minimum Gasteiger partial charge on any atom is -0.497 e. The van der Waals surface area contributed by atoms with Crippen LogP contribution in [0.1, 0.15) is 11.3 Å². The van der Waals surface area contributed by atoms with Gasteiger partial charge in [0.15, 0.2) is 5.43 Å². The maximum Gasteiger partial charge on any atom is 0.238 e. The number of H-pyrrole nitrogens is 1. The van der Waals surface area contributed by atoms with Gasteiger partial charge >= 0.3 is 0 Å². The molecule has 0 fully saturated rings. The van der Waals surface area contributed by atoms with E-state index >= 15 is 0 Å². The molecule has 2 heterocycles. The predicted octanol–water partition coefficient (Wildman–Crippen LogP) is 2.54. The number of pyridine rings is 1. The van der Waals surface area contributed by atoms with E-state index in [1.54, 1.807) is 32.4 Å². The number of ether oxygens (including phenoxy) is 2. The van der Waals surface area contributed by atoms with Crippen LogP contribution in [0.4, 0.5) is 5.69 Å². The third kappa shape index (κ3) is 3.82. The van der Waals surface area contributed by atoms with Crippen LogP contribution in [0.5, 0.6) is 11.5 Å². The number of hydrogen-bond acceptors (Lipinski definition) is 5. The third-order valence-electron chi connectivity index (χ3n) is 5.21. The Kier molecular flexibility index (Phi) is 5.22. The highest BCUT2D eigenvalue weighted by Gasteiger charge is 2.22. The van der Waals surface area contributed by atoms with E-state index in [0.29, 0.717) is 42.1 Å². The molecule has 29 heavy (non-hydrogen) atoms. The molecule has 3 aromatic rings. The zero-order valence-electron chi connectivity index (χ0n) is 16.5. The number of fused-ring (bicyclic) bond motifs is 2. The average molecular weight is 393 g/mol. The molecule has 150 valence electrons. The van der Waals surface area contributed by atoms with Gasteiger partial charge in [0.05, 0.1) is 26.5 Å². The molecule has 0 spiro atoms. The number of nitrogens with one attached hydrogen (secondary N) is 2. The Morgan fingerprint density at radius 3 is 2.79 bits per heavy atom. The average Bonchev–Trinajstić information content (AvgIpc) is 2.74. The molecule has 0 bridgehead atoms. The van der Waals surface area contributed by atoms with E-state index in [4.69, 9.17) is 9.47 Å². The van der Waals surface area contributed by atoms with E-state index in [1.165, 1.54) is 0 Å². The van der Waals surface area contributed by atoms with E-state index in [9.17, 15) is 9.59 Å². The van der Waals surface area contributed by atoms with Gasteiger partial charge in [-0.2, -0.15) is 0 Å². The fourth-order valence-electron chi connectivity index (χ4n) is 3.71. The minimum absolute atomic E-state index is 0.0382. The first-order valence-corrected chi connectivity index (χ1v) is 9.46. The number of anilines is 1. The molecule has 4 rings (SSSR count). The molecule has 0 saturated heterocycles. The Labute approximate surface area is 168 Å². The van der Waals surface area contributed by atoms with E-state index in [-0.39, 0.29) is 17.9 Å². The van der Waals surface area contributed by atoms with Crippen molar-refractivity contribution in [3.63, 3.8) is 0 Å². The summed E-state index contributed by atoms with van der Waals surface area (Å²) in [5.74, 6) is 1.03. The number of carbonyl (C=O) groups is 1. The lowest BCUT2D eigenvalue weighted by atomic mass is 10.0. The molecule has 1 amide bonds. The normalized spacial score (nSPS) is 13.7. The maximum atomic E-state index is 12.9. The number of para-hydroxylation sites is 1. The second-order valence-electron chi connectivity index (χ2n) is 7.03. The van der Waals surface area contributed by atoms with Crippen LogP contribution in [0.25, 0.3) is 10.9 Å². The summed E-state index contributed by atoms with van der Waals surface area (Å²) in [7, 11) is 3.12. The van der Waals surface area contributed by atoms with Crippen LogP contribution >= 0.6 is 0 Å². The van der Waals surface area contributed by atoms with Crippen molar-refractivity contribution in [1.29, 1.82) is 0 Å². The van der Waals surface area contributed by atoms with Crippen molar-refractivity contribution in [3.8, 4) is 11.5 Å². The highest BCUT2D eigenvalue weighted by atomic mass is 16.5. The lowest BCUT2D eigenvalue weighted by Crippen LogP contribution is -2.39. The van der Waals surface area contributed by atoms with E-state index in [2.05, 4.69) is 10.3 Å².